The highest BCUT2D eigenvalue weighted by molar-refractivity contribution is 5.90. The number of carbonyl (C=O) groups is 1. The van der Waals surface area contributed by atoms with Gasteiger partial charge in [0, 0.05) is 17.8 Å². The van der Waals surface area contributed by atoms with Crippen LogP contribution >= 0.6 is 0 Å². The fourth-order valence-corrected chi connectivity index (χ4v) is 2.75. The summed E-state index contributed by atoms with van der Waals surface area (Å²) < 4.78 is 53.2. The molecule has 0 saturated carbocycles. The second-order valence-electron chi connectivity index (χ2n) is 6.02. The third-order valence-corrected chi connectivity index (χ3v) is 4.12. The number of benzene rings is 1. The SMILES string of the molecule is Cc1nn(CCC#N)c(C)c1CCC(=O)Nc1ccc(F)c(C(F)(F)F)c1. The van der Waals surface area contributed by atoms with Crippen LogP contribution in [-0.4, -0.2) is 15.7 Å². The molecule has 0 spiro atoms. The fourth-order valence-electron chi connectivity index (χ4n) is 2.75. The van der Waals surface area contributed by atoms with Crippen LogP contribution in [-0.2, 0) is 23.9 Å². The molecule has 0 aliphatic rings. The van der Waals surface area contributed by atoms with Gasteiger partial charge in [-0.05, 0) is 44.0 Å². The number of alkyl halides is 3. The highest BCUT2D eigenvalue weighted by Crippen LogP contribution is 2.33. The van der Waals surface area contributed by atoms with Gasteiger partial charge in [-0.15, -0.1) is 0 Å². The van der Waals surface area contributed by atoms with Crippen molar-refractivity contribution in [2.24, 2.45) is 0 Å². The first-order valence-electron chi connectivity index (χ1n) is 8.20. The molecule has 0 bridgehead atoms. The number of halogens is 4. The van der Waals surface area contributed by atoms with E-state index in [-0.39, 0.29) is 12.1 Å². The standard InChI is InChI=1S/C18H18F4N4O/c1-11-14(12(2)26(25-11)9-3-8-23)5-7-17(27)24-13-4-6-16(19)15(10-13)18(20,21)22/h4,6,10H,3,5,7,9H2,1-2H3,(H,24,27). The Kier molecular flexibility index (Phi) is 6.20. The third kappa shape index (κ3) is 5.06. The van der Waals surface area contributed by atoms with E-state index in [9.17, 15) is 22.4 Å². The van der Waals surface area contributed by atoms with Crippen molar-refractivity contribution in [3.05, 3.63) is 46.5 Å². The molecular weight excluding hydrogens is 364 g/mol. The lowest BCUT2D eigenvalue weighted by Gasteiger charge is -2.11. The van der Waals surface area contributed by atoms with Gasteiger partial charge in [-0.2, -0.15) is 23.5 Å². The highest BCUT2D eigenvalue weighted by atomic mass is 19.4. The number of aromatic nitrogens is 2. The average Bonchev–Trinajstić information content (AvgIpc) is 2.85. The minimum absolute atomic E-state index is 0.0321. The molecule has 2 aromatic rings. The molecular formula is C18H18F4N4O. The van der Waals surface area contributed by atoms with Crippen molar-refractivity contribution in [1.29, 1.82) is 5.26 Å². The number of nitrogens with zero attached hydrogens (tertiary/aromatic N) is 3. The topological polar surface area (TPSA) is 70.7 Å². The fraction of sp³-hybridized carbons (Fsp3) is 0.389. The Morgan fingerprint density at radius 3 is 2.67 bits per heavy atom. The molecule has 1 amide bonds. The van der Waals surface area contributed by atoms with E-state index in [0.717, 1.165) is 23.0 Å². The van der Waals surface area contributed by atoms with E-state index < -0.39 is 23.5 Å². The van der Waals surface area contributed by atoms with Gasteiger partial charge in [-0.3, -0.25) is 9.48 Å². The minimum atomic E-state index is -4.84. The van der Waals surface area contributed by atoms with E-state index in [1.807, 2.05) is 13.0 Å². The zero-order chi connectivity index (χ0) is 20.2. The zero-order valence-corrected chi connectivity index (χ0v) is 14.8. The lowest BCUT2D eigenvalue weighted by Crippen LogP contribution is -2.15. The van der Waals surface area contributed by atoms with Crippen molar-refractivity contribution in [3.63, 3.8) is 0 Å². The Balaban J connectivity index is 2.04. The van der Waals surface area contributed by atoms with E-state index in [2.05, 4.69) is 10.4 Å². The molecule has 144 valence electrons. The van der Waals surface area contributed by atoms with Crippen LogP contribution in [0.5, 0.6) is 0 Å². The number of carbonyl (C=O) groups excluding carboxylic acids is 1. The van der Waals surface area contributed by atoms with Gasteiger partial charge in [-0.1, -0.05) is 0 Å². The second kappa shape index (κ2) is 8.20. The Labute approximate surface area is 153 Å². The summed E-state index contributed by atoms with van der Waals surface area (Å²) in [5.74, 6) is -1.88. The molecule has 0 atom stereocenters. The monoisotopic (exact) mass is 382 g/mol. The van der Waals surface area contributed by atoms with Crippen LogP contribution in [0.2, 0.25) is 0 Å². The highest BCUT2D eigenvalue weighted by Gasteiger charge is 2.34. The van der Waals surface area contributed by atoms with E-state index in [0.29, 0.717) is 31.5 Å². The summed E-state index contributed by atoms with van der Waals surface area (Å²) in [5.41, 5.74) is 0.895. The number of hydrogen-bond acceptors (Lipinski definition) is 3. The largest absolute Gasteiger partial charge is 0.419 e. The molecule has 0 fully saturated rings. The van der Waals surface area contributed by atoms with E-state index in [1.165, 1.54) is 0 Å². The molecule has 0 aliphatic heterocycles. The van der Waals surface area contributed by atoms with Gasteiger partial charge in [0.05, 0.1) is 30.3 Å². The van der Waals surface area contributed by atoms with Gasteiger partial charge in [-0.25, -0.2) is 4.39 Å². The van der Waals surface area contributed by atoms with Crippen molar-refractivity contribution in [2.45, 2.75) is 45.8 Å². The first-order valence-corrected chi connectivity index (χ1v) is 8.20. The first kappa shape index (κ1) is 20.4. The number of rotatable bonds is 6. The number of hydrogen-bond donors (Lipinski definition) is 1. The minimum Gasteiger partial charge on any atom is -0.326 e. The van der Waals surface area contributed by atoms with Gasteiger partial charge in [0.1, 0.15) is 5.82 Å². The Morgan fingerprint density at radius 1 is 1.33 bits per heavy atom. The zero-order valence-electron chi connectivity index (χ0n) is 14.8. The summed E-state index contributed by atoms with van der Waals surface area (Å²) >= 11 is 0. The van der Waals surface area contributed by atoms with Crippen molar-refractivity contribution < 1.29 is 22.4 Å². The molecule has 0 saturated heterocycles. The molecule has 1 N–H and O–H groups in total. The summed E-state index contributed by atoms with van der Waals surface area (Å²) in [6, 6.07) is 4.36. The summed E-state index contributed by atoms with van der Waals surface area (Å²) in [4.78, 5) is 12.1. The number of anilines is 1. The van der Waals surface area contributed by atoms with Crippen molar-refractivity contribution in [3.8, 4) is 6.07 Å². The number of nitriles is 1. The second-order valence-corrected chi connectivity index (χ2v) is 6.02. The molecule has 1 heterocycles. The Morgan fingerprint density at radius 2 is 2.04 bits per heavy atom. The summed E-state index contributed by atoms with van der Waals surface area (Å²) in [7, 11) is 0. The van der Waals surface area contributed by atoms with Crippen LogP contribution in [0.25, 0.3) is 0 Å². The quantitative estimate of drug-likeness (QED) is 0.764. The maximum absolute atomic E-state index is 13.3. The Hall–Kier alpha value is -2.89. The molecule has 5 nitrogen and oxygen atoms in total. The van der Waals surface area contributed by atoms with Gasteiger partial charge in [0.2, 0.25) is 5.91 Å². The van der Waals surface area contributed by atoms with Gasteiger partial charge < -0.3 is 5.32 Å². The van der Waals surface area contributed by atoms with Gasteiger partial charge in [0.25, 0.3) is 0 Å². The average molecular weight is 382 g/mol. The van der Waals surface area contributed by atoms with Crippen molar-refractivity contribution in [1.82, 2.24) is 9.78 Å². The summed E-state index contributed by atoms with van der Waals surface area (Å²) in [5, 5.41) is 15.3. The van der Waals surface area contributed by atoms with E-state index in [1.54, 1.807) is 11.6 Å². The molecule has 2 rings (SSSR count). The Bertz CT molecular complexity index is 881. The maximum Gasteiger partial charge on any atom is 0.419 e. The number of amides is 1. The van der Waals surface area contributed by atoms with Crippen molar-refractivity contribution in [2.75, 3.05) is 5.32 Å². The molecule has 0 unspecified atom stereocenters. The first-order chi connectivity index (χ1) is 12.6. The van der Waals surface area contributed by atoms with Crippen LogP contribution < -0.4 is 5.32 Å². The number of nitrogens with one attached hydrogen (secondary N) is 1. The van der Waals surface area contributed by atoms with Crippen molar-refractivity contribution >= 4 is 11.6 Å². The molecule has 1 aromatic carbocycles. The maximum atomic E-state index is 13.3. The smallest absolute Gasteiger partial charge is 0.326 e. The van der Waals surface area contributed by atoms with Crippen LogP contribution in [0.15, 0.2) is 18.2 Å². The molecule has 1 aromatic heterocycles. The van der Waals surface area contributed by atoms with Crippen LogP contribution in [0.3, 0.4) is 0 Å². The molecule has 0 aliphatic carbocycles. The molecule has 27 heavy (non-hydrogen) atoms. The summed E-state index contributed by atoms with van der Waals surface area (Å²) in [6.07, 6.45) is -4.14. The van der Waals surface area contributed by atoms with Gasteiger partial charge >= 0.3 is 6.18 Å². The van der Waals surface area contributed by atoms with E-state index in [4.69, 9.17) is 5.26 Å². The predicted molar refractivity (Wildman–Crippen MR) is 90.3 cm³/mol. The lowest BCUT2D eigenvalue weighted by molar-refractivity contribution is -0.140. The predicted octanol–water partition coefficient (Wildman–Crippen LogP) is 4.14. The molecule has 9 heteroatoms. The molecule has 0 radical (unpaired) electrons. The summed E-state index contributed by atoms with van der Waals surface area (Å²) in [6.45, 7) is 4.07. The third-order valence-electron chi connectivity index (χ3n) is 4.12. The normalized spacial score (nSPS) is 11.3. The van der Waals surface area contributed by atoms with Crippen LogP contribution in [0.1, 0.15) is 35.4 Å². The van der Waals surface area contributed by atoms with Crippen LogP contribution in [0, 0.1) is 31.0 Å². The van der Waals surface area contributed by atoms with E-state index >= 15 is 0 Å². The van der Waals surface area contributed by atoms with Crippen LogP contribution in [0.4, 0.5) is 23.2 Å². The number of aryl methyl sites for hydroxylation is 2. The lowest BCUT2D eigenvalue weighted by atomic mass is 10.1. The van der Waals surface area contributed by atoms with Gasteiger partial charge in [0.15, 0.2) is 0 Å².